The van der Waals surface area contributed by atoms with Crippen LogP contribution in [0.5, 0.6) is 0 Å². The first-order valence-electron chi connectivity index (χ1n) is 11.3. The number of aryl methyl sites for hydroxylation is 1. The van der Waals surface area contributed by atoms with Crippen LogP contribution >= 0.6 is 0 Å². The van der Waals surface area contributed by atoms with Gasteiger partial charge in [-0.1, -0.05) is 13.0 Å². The Bertz CT molecular complexity index is 1000. The number of amides is 2. The summed E-state index contributed by atoms with van der Waals surface area (Å²) in [5, 5.41) is 6.50. The minimum absolute atomic E-state index is 0.0411. The molecule has 7 nitrogen and oxygen atoms in total. The van der Waals surface area contributed by atoms with Crippen molar-refractivity contribution in [1.82, 2.24) is 10.3 Å². The largest absolute Gasteiger partial charge is 0.383 e. The highest BCUT2D eigenvalue weighted by molar-refractivity contribution is 5.98. The monoisotopic (exact) mass is 436 g/mol. The minimum atomic E-state index is -0.149. The molecule has 4 rings (SSSR count). The van der Waals surface area contributed by atoms with E-state index in [2.05, 4.69) is 22.5 Å². The number of carbonyl (C=O) groups is 2. The molecule has 2 aromatic rings. The van der Waals surface area contributed by atoms with E-state index >= 15 is 0 Å². The molecule has 2 heterocycles. The molecule has 1 aromatic carbocycles. The fraction of sp³-hybridized carbons (Fsp3) is 0.480. The SMILES string of the molecule is COCCNC(=O)c1ccc2c(c1)[C@H](Nc1cccc(C)n1)[C@@H](C)[C@H](C1CC1)N2C(C)=O. The van der Waals surface area contributed by atoms with E-state index < -0.39 is 0 Å². The number of rotatable bonds is 7. The summed E-state index contributed by atoms with van der Waals surface area (Å²) in [5.41, 5.74) is 3.34. The topological polar surface area (TPSA) is 83.6 Å². The van der Waals surface area contributed by atoms with Crippen LogP contribution in [0.1, 0.15) is 54.3 Å². The predicted molar refractivity (Wildman–Crippen MR) is 125 cm³/mol. The van der Waals surface area contributed by atoms with Gasteiger partial charge in [0.2, 0.25) is 5.91 Å². The summed E-state index contributed by atoms with van der Waals surface area (Å²) >= 11 is 0. The summed E-state index contributed by atoms with van der Waals surface area (Å²) in [6, 6.07) is 11.6. The van der Waals surface area contributed by atoms with Gasteiger partial charge in [0.1, 0.15) is 5.82 Å². The van der Waals surface area contributed by atoms with Crippen molar-refractivity contribution in [3.05, 3.63) is 53.2 Å². The van der Waals surface area contributed by atoms with E-state index in [0.717, 1.165) is 35.6 Å². The van der Waals surface area contributed by atoms with E-state index in [1.165, 1.54) is 0 Å². The second kappa shape index (κ2) is 9.28. The standard InChI is InChI=1S/C25H32N4O3/c1-15-6-5-7-22(27-15)28-23-16(2)24(18-8-9-18)29(17(3)30)21-11-10-19(14-20(21)23)25(31)26-12-13-32-4/h5-7,10-11,14,16,18,23-24H,8-9,12-13H2,1-4H3,(H,26,31)(H,27,28)/t16-,23-,24-/m1/s1. The molecule has 1 aromatic heterocycles. The molecule has 2 aliphatic rings. The van der Waals surface area contributed by atoms with Crippen molar-refractivity contribution < 1.29 is 14.3 Å². The van der Waals surface area contributed by atoms with Crippen molar-refractivity contribution in [1.29, 1.82) is 0 Å². The van der Waals surface area contributed by atoms with Crippen LogP contribution in [0.15, 0.2) is 36.4 Å². The van der Waals surface area contributed by atoms with Crippen molar-refractivity contribution in [2.75, 3.05) is 30.5 Å². The number of pyridine rings is 1. The number of nitrogens with one attached hydrogen (secondary N) is 2. The molecule has 2 N–H and O–H groups in total. The number of hydrogen-bond donors (Lipinski definition) is 2. The molecule has 2 amide bonds. The zero-order valence-electron chi connectivity index (χ0n) is 19.2. The molecule has 1 fully saturated rings. The molecule has 1 saturated carbocycles. The highest BCUT2D eigenvalue weighted by Gasteiger charge is 2.47. The van der Waals surface area contributed by atoms with Crippen LogP contribution in [-0.4, -0.2) is 43.1 Å². The van der Waals surface area contributed by atoms with Gasteiger partial charge in [-0.3, -0.25) is 9.59 Å². The highest BCUT2D eigenvalue weighted by Crippen LogP contribution is 2.50. The van der Waals surface area contributed by atoms with Crippen LogP contribution in [0.25, 0.3) is 0 Å². The maximum atomic E-state index is 12.8. The van der Waals surface area contributed by atoms with Gasteiger partial charge in [-0.25, -0.2) is 4.98 Å². The Morgan fingerprint density at radius 1 is 1.22 bits per heavy atom. The molecule has 0 saturated heterocycles. The maximum absolute atomic E-state index is 12.8. The van der Waals surface area contributed by atoms with Crippen LogP contribution in [0, 0.1) is 18.8 Å². The number of ether oxygens (including phenoxy) is 1. The number of benzene rings is 1. The van der Waals surface area contributed by atoms with Crippen LogP contribution in [0.2, 0.25) is 0 Å². The molecule has 1 aliphatic heterocycles. The summed E-state index contributed by atoms with van der Waals surface area (Å²) in [4.78, 5) is 32.1. The molecule has 170 valence electrons. The third kappa shape index (κ3) is 4.48. The van der Waals surface area contributed by atoms with E-state index in [4.69, 9.17) is 4.74 Å². The molecule has 0 spiro atoms. The van der Waals surface area contributed by atoms with Crippen molar-refractivity contribution in [3.8, 4) is 0 Å². The van der Waals surface area contributed by atoms with Crippen LogP contribution in [0.3, 0.4) is 0 Å². The first-order valence-corrected chi connectivity index (χ1v) is 11.3. The molecule has 3 atom stereocenters. The Morgan fingerprint density at radius 3 is 2.66 bits per heavy atom. The molecule has 32 heavy (non-hydrogen) atoms. The Kier molecular flexibility index (Phi) is 6.46. The second-order valence-corrected chi connectivity index (χ2v) is 8.88. The van der Waals surface area contributed by atoms with Crippen molar-refractivity contribution in [2.24, 2.45) is 11.8 Å². The first kappa shape index (κ1) is 22.3. The Balaban J connectivity index is 1.74. The fourth-order valence-electron chi connectivity index (χ4n) is 4.86. The van der Waals surface area contributed by atoms with Gasteiger partial charge >= 0.3 is 0 Å². The van der Waals surface area contributed by atoms with E-state index in [1.807, 2.05) is 42.2 Å². The van der Waals surface area contributed by atoms with Gasteiger partial charge in [-0.05, 0) is 61.6 Å². The van der Waals surface area contributed by atoms with Crippen molar-refractivity contribution in [3.63, 3.8) is 0 Å². The zero-order valence-corrected chi connectivity index (χ0v) is 19.2. The summed E-state index contributed by atoms with van der Waals surface area (Å²) in [6.45, 7) is 6.70. The van der Waals surface area contributed by atoms with Crippen LogP contribution in [-0.2, 0) is 9.53 Å². The Labute approximate surface area is 189 Å². The van der Waals surface area contributed by atoms with Gasteiger partial charge in [0.05, 0.1) is 12.6 Å². The minimum Gasteiger partial charge on any atom is -0.383 e. The lowest BCUT2D eigenvalue weighted by Gasteiger charge is -2.46. The maximum Gasteiger partial charge on any atom is 0.251 e. The average molecular weight is 437 g/mol. The van der Waals surface area contributed by atoms with E-state index in [-0.39, 0.29) is 29.8 Å². The average Bonchev–Trinajstić information content (AvgIpc) is 3.60. The lowest BCUT2D eigenvalue weighted by atomic mass is 9.79. The lowest BCUT2D eigenvalue weighted by molar-refractivity contribution is -0.117. The first-order chi connectivity index (χ1) is 15.4. The molecule has 0 unspecified atom stereocenters. The lowest BCUT2D eigenvalue weighted by Crippen LogP contribution is -2.51. The Hall–Kier alpha value is -2.93. The van der Waals surface area contributed by atoms with Gasteiger partial charge in [-0.2, -0.15) is 0 Å². The summed E-state index contributed by atoms with van der Waals surface area (Å²) in [6.07, 6.45) is 2.28. The van der Waals surface area contributed by atoms with Gasteiger partial charge in [0.15, 0.2) is 0 Å². The van der Waals surface area contributed by atoms with Crippen molar-refractivity contribution >= 4 is 23.3 Å². The molecule has 0 bridgehead atoms. The smallest absolute Gasteiger partial charge is 0.251 e. The quantitative estimate of drug-likeness (QED) is 0.647. The van der Waals surface area contributed by atoms with E-state index in [9.17, 15) is 9.59 Å². The predicted octanol–water partition coefficient (Wildman–Crippen LogP) is 3.70. The molecular weight excluding hydrogens is 404 g/mol. The number of fused-ring (bicyclic) bond motifs is 1. The fourth-order valence-corrected chi connectivity index (χ4v) is 4.86. The molecular formula is C25H32N4O3. The number of hydrogen-bond acceptors (Lipinski definition) is 5. The molecule has 0 radical (unpaired) electrons. The van der Waals surface area contributed by atoms with Crippen LogP contribution in [0.4, 0.5) is 11.5 Å². The highest BCUT2D eigenvalue weighted by atomic mass is 16.5. The van der Waals surface area contributed by atoms with E-state index in [0.29, 0.717) is 24.6 Å². The van der Waals surface area contributed by atoms with Gasteiger partial charge in [-0.15, -0.1) is 0 Å². The number of carbonyl (C=O) groups excluding carboxylic acids is 2. The summed E-state index contributed by atoms with van der Waals surface area (Å²) in [7, 11) is 1.61. The number of anilines is 2. The zero-order chi connectivity index (χ0) is 22.8. The molecule has 7 heteroatoms. The van der Waals surface area contributed by atoms with E-state index in [1.54, 1.807) is 20.1 Å². The number of aromatic nitrogens is 1. The number of nitrogens with zero attached hydrogens (tertiary/aromatic N) is 2. The van der Waals surface area contributed by atoms with Gasteiger partial charge in [0, 0.05) is 49.5 Å². The third-order valence-corrected chi connectivity index (χ3v) is 6.47. The van der Waals surface area contributed by atoms with Crippen LogP contribution < -0.4 is 15.5 Å². The van der Waals surface area contributed by atoms with Gasteiger partial charge < -0.3 is 20.3 Å². The van der Waals surface area contributed by atoms with Gasteiger partial charge in [0.25, 0.3) is 5.91 Å². The summed E-state index contributed by atoms with van der Waals surface area (Å²) in [5.74, 6) is 1.36. The Morgan fingerprint density at radius 2 is 2.00 bits per heavy atom. The summed E-state index contributed by atoms with van der Waals surface area (Å²) < 4.78 is 5.03. The normalized spacial score (nSPS) is 22.2. The second-order valence-electron chi connectivity index (χ2n) is 8.88. The number of methoxy groups -OCH3 is 1. The third-order valence-electron chi connectivity index (χ3n) is 6.47. The molecule has 1 aliphatic carbocycles. The van der Waals surface area contributed by atoms with Crippen molar-refractivity contribution in [2.45, 2.75) is 45.7 Å².